The first-order valence-electron chi connectivity index (χ1n) is 5.26. The fraction of sp³-hybridized carbons (Fsp3) is 0.818. The van der Waals surface area contributed by atoms with E-state index in [4.69, 9.17) is 5.11 Å². The Balaban J connectivity index is 2.44. The predicted molar refractivity (Wildman–Crippen MR) is 52.2 cm³/mol. The van der Waals surface area contributed by atoms with Crippen molar-refractivity contribution in [1.29, 1.82) is 0 Å². The van der Waals surface area contributed by atoms with Crippen molar-refractivity contribution >= 4 is 11.8 Å². The number of aliphatic hydroxyl groups is 1. The van der Waals surface area contributed by atoms with Crippen LogP contribution >= 0.6 is 0 Å². The first-order valence-corrected chi connectivity index (χ1v) is 5.26. The van der Waals surface area contributed by atoms with Crippen molar-refractivity contribution in [3.05, 3.63) is 0 Å². The number of carboxylic acid groups (broad SMARTS) is 1. The number of carbonyl (C=O) groups excluding carboxylic acids is 1. The monoisotopic (exact) mass is 212 g/mol. The van der Waals surface area contributed by atoms with Crippen molar-refractivity contribution in [2.75, 3.05) is 0 Å². The molecule has 0 aromatic rings. The lowest BCUT2D eigenvalue weighted by molar-refractivity contribution is -0.146. The lowest BCUT2D eigenvalue weighted by Crippen LogP contribution is -2.42. The minimum atomic E-state index is -1.08. The topological polar surface area (TPSA) is 74.6 Å². The maximum atomic E-state index is 11.7. The predicted octanol–water partition coefficient (Wildman–Crippen LogP) is 0.827. The van der Waals surface area contributed by atoms with Gasteiger partial charge in [-0.25, -0.2) is 0 Å². The molecule has 0 amide bonds. The number of Topliss-reactive ketones (excluding diaryl/α,β-unsaturated/α-hetero) is 1. The van der Waals surface area contributed by atoms with Crippen molar-refractivity contribution in [3.63, 3.8) is 0 Å². The highest BCUT2D eigenvalue weighted by atomic mass is 16.4. The molecule has 15 heavy (non-hydrogen) atoms. The van der Waals surface area contributed by atoms with E-state index in [1.54, 1.807) is 0 Å². The molecule has 84 valence electrons. The fourth-order valence-corrected chi connectivity index (χ4v) is 3.56. The molecular formula is C11H16O4. The number of ketones is 1. The number of hydrogen-bond donors (Lipinski definition) is 2. The van der Waals surface area contributed by atoms with E-state index in [2.05, 4.69) is 0 Å². The van der Waals surface area contributed by atoms with Crippen LogP contribution in [0.25, 0.3) is 0 Å². The Hall–Kier alpha value is -0.900. The lowest BCUT2D eigenvalue weighted by Gasteiger charge is -2.38. The first kappa shape index (κ1) is 10.6. The van der Waals surface area contributed by atoms with Crippen LogP contribution < -0.4 is 0 Å². The summed E-state index contributed by atoms with van der Waals surface area (Å²) in [5.41, 5.74) is -1.12. The van der Waals surface area contributed by atoms with Crippen LogP contribution in [-0.4, -0.2) is 28.1 Å². The molecule has 2 N–H and O–H groups in total. The minimum absolute atomic E-state index is 0.108. The molecule has 0 saturated heterocycles. The average molecular weight is 212 g/mol. The summed E-state index contributed by atoms with van der Waals surface area (Å²) < 4.78 is 0. The Labute approximate surface area is 88.3 Å². The molecule has 0 radical (unpaired) electrons. The Bertz CT molecular complexity index is 333. The zero-order chi connectivity index (χ0) is 11.4. The zero-order valence-electron chi connectivity index (χ0n) is 8.99. The van der Waals surface area contributed by atoms with Gasteiger partial charge in [0.25, 0.3) is 0 Å². The molecule has 2 fully saturated rings. The van der Waals surface area contributed by atoms with Crippen LogP contribution in [0.1, 0.15) is 33.1 Å². The van der Waals surface area contributed by atoms with E-state index < -0.39 is 17.5 Å². The van der Waals surface area contributed by atoms with Crippen molar-refractivity contribution in [2.24, 2.45) is 16.7 Å². The normalized spacial score (nSPS) is 42.2. The second-order valence-electron chi connectivity index (χ2n) is 5.34. The van der Waals surface area contributed by atoms with Crippen LogP contribution in [0.4, 0.5) is 0 Å². The second kappa shape index (κ2) is 2.82. The third-order valence-corrected chi connectivity index (χ3v) is 4.64. The van der Waals surface area contributed by atoms with Gasteiger partial charge in [-0.15, -0.1) is 0 Å². The molecule has 4 heteroatoms. The molecule has 0 aromatic carbocycles. The third kappa shape index (κ3) is 1.06. The van der Waals surface area contributed by atoms with Gasteiger partial charge in [0.05, 0.1) is 6.42 Å². The smallest absolute Gasteiger partial charge is 0.304 e. The highest BCUT2D eigenvalue weighted by molar-refractivity contribution is 5.92. The van der Waals surface area contributed by atoms with E-state index in [0.29, 0.717) is 6.42 Å². The fourth-order valence-electron chi connectivity index (χ4n) is 3.56. The standard InChI is InChI=1S/C11H16O4/c1-10(2)6-3-4-11(10,5-7(12)13)9(15)8(6)14/h6,9,15H,3-5H2,1-2H3,(H,12,13)/t6-,9+,11-/m0/s1. The van der Waals surface area contributed by atoms with Gasteiger partial charge in [-0.05, 0) is 18.3 Å². The van der Waals surface area contributed by atoms with E-state index in [0.717, 1.165) is 6.42 Å². The van der Waals surface area contributed by atoms with Gasteiger partial charge < -0.3 is 10.2 Å². The second-order valence-corrected chi connectivity index (χ2v) is 5.34. The molecule has 0 unspecified atom stereocenters. The highest BCUT2D eigenvalue weighted by Gasteiger charge is 2.68. The molecule has 4 nitrogen and oxygen atoms in total. The molecule has 3 atom stereocenters. The summed E-state index contributed by atoms with van der Waals surface area (Å²) in [7, 11) is 0. The van der Waals surface area contributed by atoms with Crippen molar-refractivity contribution in [3.8, 4) is 0 Å². The Morgan fingerprint density at radius 2 is 2.13 bits per heavy atom. The SMILES string of the molecule is CC1(C)[C@H]2CC[C@]1(CC(=O)O)[C@H](O)C2=O. The van der Waals surface area contributed by atoms with Crippen molar-refractivity contribution in [2.45, 2.75) is 39.2 Å². The van der Waals surface area contributed by atoms with E-state index in [9.17, 15) is 14.7 Å². The number of aliphatic carboxylic acids is 1. The molecule has 2 saturated carbocycles. The van der Waals surface area contributed by atoms with E-state index in [1.165, 1.54) is 0 Å². The van der Waals surface area contributed by atoms with E-state index in [-0.39, 0.29) is 23.5 Å². The van der Waals surface area contributed by atoms with E-state index >= 15 is 0 Å². The number of hydrogen-bond acceptors (Lipinski definition) is 3. The largest absolute Gasteiger partial charge is 0.481 e. The summed E-state index contributed by atoms with van der Waals surface area (Å²) in [6, 6.07) is 0. The van der Waals surface area contributed by atoms with Gasteiger partial charge in [-0.1, -0.05) is 13.8 Å². The maximum absolute atomic E-state index is 11.7. The summed E-state index contributed by atoms with van der Waals surface area (Å²) >= 11 is 0. The Kier molecular flexibility index (Phi) is 1.99. The lowest BCUT2D eigenvalue weighted by atomic mass is 9.66. The maximum Gasteiger partial charge on any atom is 0.304 e. The summed E-state index contributed by atoms with van der Waals surface area (Å²) in [6.07, 6.45) is 0.172. The third-order valence-electron chi connectivity index (χ3n) is 4.64. The van der Waals surface area contributed by atoms with Crippen LogP contribution in [0, 0.1) is 16.7 Å². The van der Waals surface area contributed by atoms with E-state index in [1.807, 2.05) is 13.8 Å². The average Bonchev–Trinajstić information content (AvgIpc) is 2.41. The Morgan fingerprint density at radius 3 is 2.53 bits per heavy atom. The van der Waals surface area contributed by atoms with Crippen LogP contribution in [0.5, 0.6) is 0 Å². The van der Waals surface area contributed by atoms with Crippen LogP contribution in [-0.2, 0) is 9.59 Å². The van der Waals surface area contributed by atoms with Gasteiger partial charge >= 0.3 is 5.97 Å². The molecule has 2 rings (SSSR count). The van der Waals surface area contributed by atoms with Gasteiger partial charge in [0.2, 0.25) is 0 Å². The zero-order valence-corrected chi connectivity index (χ0v) is 8.99. The quantitative estimate of drug-likeness (QED) is 0.710. The summed E-state index contributed by atoms with van der Waals surface area (Å²) in [4.78, 5) is 22.6. The number of carboxylic acids is 1. The van der Waals surface area contributed by atoms with Gasteiger partial charge in [0.1, 0.15) is 6.10 Å². The Morgan fingerprint density at radius 1 is 1.53 bits per heavy atom. The van der Waals surface area contributed by atoms with Gasteiger partial charge in [0.15, 0.2) is 5.78 Å². The molecule has 2 aliphatic carbocycles. The summed E-state index contributed by atoms with van der Waals surface area (Å²) in [6.45, 7) is 3.81. The molecule has 0 heterocycles. The molecule has 2 bridgehead atoms. The van der Waals surface area contributed by atoms with Crippen LogP contribution in [0.15, 0.2) is 0 Å². The summed E-state index contributed by atoms with van der Waals surface area (Å²) in [5.74, 6) is -1.25. The highest BCUT2D eigenvalue weighted by Crippen LogP contribution is 2.65. The van der Waals surface area contributed by atoms with Gasteiger partial charge in [-0.2, -0.15) is 0 Å². The van der Waals surface area contributed by atoms with Gasteiger partial charge in [0, 0.05) is 11.3 Å². The van der Waals surface area contributed by atoms with Crippen molar-refractivity contribution in [1.82, 2.24) is 0 Å². The van der Waals surface area contributed by atoms with Crippen molar-refractivity contribution < 1.29 is 19.8 Å². The van der Waals surface area contributed by atoms with Crippen LogP contribution in [0.2, 0.25) is 0 Å². The molecule has 0 aromatic heterocycles. The number of carbonyl (C=O) groups is 2. The number of aliphatic hydroxyl groups excluding tert-OH is 1. The van der Waals surface area contributed by atoms with Gasteiger partial charge in [-0.3, -0.25) is 9.59 Å². The molecule has 2 aliphatic rings. The minimum Gasteiger partial charge on any atom is -0.481 e. The first-order chi connectivity index (χ1) is 6.83. The molecule has 0 spiro atoms. The van der Waals surface area contributed by atoms with Crippen LogP contribution in [0.3, 0.4) is 0 Å². The molecule has 0 aliphatic heterocycles. The number of rotatable bonds is 2. The number of fused-ring (bicyclic) bond motifs is 2. The molecular weight excluding hydrogens is 196 g/mol. The summed E-state index contributed by atoms with van der Waals surface area (Å²) in [5, 5.41) is 18.8.